The highest BCUT2D eigenvalue weighted by atomic mass is 31.2. The highest BCUT2D eigenvalue weighted by Gasteiger charge is 2.30. The zero-order valence-corrected chi connectivity index (χ0v) is 65.0. The van der Waals surface area contributed by atoms with Gasteiger partial charge < -0.3 is 33.8 Å². The van der Waals surface area contributed by atoms with Crippen LogP contribution >= 0.6 is 15.6 Å². The van der Waals surface area contributed by atoms with Crippen molar-refractivity contribution >= 4 is 39.5 Å². The number of unbranched alkanes of at least 4 members (excludes halogenated alkanes) is 50. The second-order valence-corrected chi connectivity index (χ2v) is 31.5. The molecule has 3 N–H and O–H groups in total. The van der Waals surface area contributed by atoms with Crippen molar-refractivity contribution in [3.05, 3.63) is 0 Å². The number of hydrogen-bond donors (Lipinski definition) is 3. The third-order valence-corrected chi connectivity index (χ3v) is 20.2. The molecule has 0 aliphatic carbocycles. The number of aliphatic hydroxyl groups is 1. The van der Waals surface area contributed by atoms with E-state index in [9.17, 15) is 43.2 Å². The van der Waals surface area contributed by atoms with Crippen molar-refractivity contribution in [3.63, 3.8) is 0 Å². The maximum Gasteiger partial charge on any atom is 0.472 e. The lowest BCUT2D eigenvalue weighted by molar-refractivity contribution is -0.161. The molecule has 0 amide bonds. The fourth-order valence-electron chi connectivity index (χ4n) is 12.1. The molecule has 0 aromatic heterocycles. The Bertz CT molecular complexity index is 1860. The Balaban J connectivity index is 5.18. The average molecular weight is 1420 g/mol. The second-order valence-electron chi connectivity index (χ2n) is 28.6. The Labute approximate surface area is 594 Å². The Morgan fingerprint density at radius 2 is 0.474 bits per heavy atom. The van der Waals surface area contributed by atoms with Gasteiger partial charge in [0.05, 0.1) is 26.4 Å². The van der Waals surface area contributed by atoms with Gasteiger partial charge in [0.1, 0.15) is 19.3 Å². The maximum absolute atomic E-state index is 13.1. The number of esters is 4. The number of hydrogen-bond acceptors (Lipinski definition) is 15. The molecule has 0 aromatic rings. The van der Waals surface area contributed by atoms with Crippen LogP contribution in [0.25, 0.3) is 0 Å². The number of rotatable bonds is 78. The van der Waals surface area contributed by atoms with Crippen LogP contribution in [0, 0.1) is 5.92 Å². The first-order valence-electron chi connectivity index (χ1n) is 40.6. The number of carbonyl (C=O) groups excluding carboxylic acids is 4. The van der Waals surface area contributed by atoms with Gasteiger partial charge in [-0.2, -0.15) is 0 Å². The molecule has 0 radical (unpaired) electrons. The number of phosphoric acid groups is 2. The van der Waals surface area contributed by atoms with Gasteiger partial charge in [0.15, 0.2) is 12.2 Å². The van der Waals surface area contributed by atoms with Crippen LogP contribution in [-0.4, -0.2) is 96.7 Å². The molecule has 17 nitrogen and oxygen atoms in total. The minimum absolute atomic E-state index is 0.108. The largest absolute Gasteiger partial charge is 0.472 e. The van der Waals surface area contributed by atoms with Crippen molar-refractivity contribution in [2.75, 3.05) is 39.6 Å². The highest BCUT2D eigenvalue weighted by molar-refractivity contribution is 7.47. The zero-order valence-electron chi connectivity index (χ0n) is 63.2. The first-order valence-corrected chi connectivity index (χ1v) is 43.6. The Kier molecular flexibility index (Phi) is 69.6. The summed E-state index contributed by atoms with van der Waals surface area (Å²) in [4.78, 5) is 72.8. The fourth-order valence-corrected chi connectivity index (χ4v) is 13.6. The summed E-state index contributed by atoms with van der Waals surface area (Å²) in [6, 6.07) is 0. The van der Waals surface area contributed by atoms with E-state index >= 15 is 0 Å². The first kappa shape index (κ1) is 95.1. The van der Waals surface area contributed by atoms with Gasteiger partial charge in [0, 0.05) is 25.7 Å². The lowest BCUT2D eigenvalue weighted by Gasteiger charge is -2.21. The molecule has 0 spiro atoms. The number of phosphoric ester groups is 2. The first-order chi connectivity index (χ1) is 47.0. The van der Waals surface area contributed by atoms with Gasteiger partial charge in [-0.05, 0) is 31.6 Å². The molecule has 19 heteroatoms. The van der Waals surface area contributed by atoms with Gasteiger partial charge in [-0.3, -0.25) is 37.3 Å². The van der Waals surface area contributed by atoms with Gasteiger partial charge in [0.25, 0.3) is 0 Å². The highest BCUT2D eigenvalue weighted by Crippen LogP contribution is 2.45. The van der Waals surface area contributed by atoms with E-state index in [0.29, 0.717) is 25.7 Å². The summed E-state index contributed by atoms with van der Waals surface area (Å²) in [6.45, 7) is 7.29. The number of ether oxygens (including phenoxy) is 4. The molecule has 0 fully saturated rings. The van der Waals surface area contributed by atoms with Crippen LogP contribution in [0.2, 0.25) is 0 Å². The second kappa shape index (κ2) is 71.1. The normalized spacial score (nSPS) is 13.9. The molecule has 0 rings (SSSR count). The van der Waals surface area contributed by atoms with Crippen LogP contribution in [0.15, 0.2) is 0 Å². The third kappa shape index (κ3) is 72.2. The van der Waals surface area contributed by atoms with E-state index < -0.39 is 97.5 Å². The summed E-state index contributed by atoms with van der Waals surface area (Å²) < 4.78 is 68.5. The van der Waals surface area contributed by atoms with Gasteiger partial charge in [0.2, 0.25) is 0 Å². The summed E-state index contributed by atoms with van der Waals surface area (Å²) in [7, 11) is -9.91. The Morgan fingerprint density at radius 1 is 0.278 bits per heavy atom. The van der Waals surface area contributed by atoms with Crippen LogP contribution in [-0.2, 0) is 65.4 Å². The number of aliphatic hydroxyl groups excluding tert-OH is 1. The van der Waals surface area contributed by atoms with E-state index in [4.69, 9.17) is 37.0 Å². The summed E-state index contributed by atoms with van der Waals surface area (Å²) in [5, 5.41) is 10.6. The molecule has 576 valence electrons. The average Bonchev–Trinajstić information content (AvgIpc) is 1.26. The van der Waals surface area contributed by atoms with Gasteiger partial charge >= 0.3 is 39.5 Å². The van der Waals surface area contributed by atoms with Crippen molar-refractivity contribution < 1.29 is 80.2 Å². The van der Waals surface area contributed by atoms with E-state index in [1.807, 2.05) is 0 Å². The molecular formula is C78H152O17P2. The molecule has 0 bridgehead atoms. The molecule has 0 aliphatic heterocycles. The third-order valence-electron chi connectivity index (χ3n) is 18.3. The summed E-state index contributed by atoms with van der Waals surface area (Å²) in [5.41, 5.74) is 0. The molecule has 0 aliphatic rings. The van der Waals surface area contributed by atoms with E-state index in [-0.39, 0.29) is 25.7 Å². The fraction of sp³-hybridized carbons (Fsp3) is 0.949. The van der Waals surface area contributed by atoms with E-state index in [0.717, 1.165) is 109 Å². The zero-order chi connectivity index (χ0) is 71.2. The lowest BCUT2D eigenvalue weighted by atomic mass is 10.0. The van der Waals surface area contributed by atoms with Crippen LogP contribution in [0.5, 0.6) is 0 Å². The number of carbonyl (C=O) groups is 4. The lowest BCUT2D eigenvalue weighted by Crippen LogP contribution is -2.30. The monoisotopic (exact) mass is 1420 g/mol. The van der Waals surface area contributed by atoms with Crippen LogP contribution in [0.1, 0.15) is 413 Å². The van der Waals surface area contributed by atoms with Gasteiger partial charge in [-0.15, -0.1) is 0 Å². The SMILES string of the molecule is CCCCCCCCCCCCCCCCCCCCC(=O)O[C@H](COC(=O)CCCCCCCCCCCCCCCC(C)C)COP(=O)(O)OC[C@@H](O)COP(=O)(O)OC[C@@H](COC(=O)CCCCCCCCC)OC(=O)CCCCCCCCCCCCCCCCCC. The predicted molar refractivity (Wildman–Crippen MR) is 395 cm³/mol. The van der Waals surface area contributed by atoms with E-state index in [1.54, 1.807) is 0 Å². The van der Waals surface area contributed by atoms with E-state index in [1.165, 1.54) is 225 Å². The minimum Gasteiger partial charge on any atom is -0.462 e. The van der Waals surface area contributed by atoms with Crippen LogP contribution in [0.4, 0.5) is 0 Å². The molecule has 0 heterocycles. The molecule has 0 aromatic carbocycles. The molecule has 5 atom stereocenters. The molecule has 0 saturated heterocycles. The van der Waals surface area contributed by atoms with Gasteiger partial charge in [-0.25, -0.2) is 9.13 Å². The van der Waals surface area contributed by atoms with Crippen LogP contribution < -0.4 is 0 Å². The summed E-state index contributed by atoms with van der Waals surface area (Å²) in [5.74, 6) is -1.32. The molecular weight excluding hydrogens is 1270 g/mol. The standard InChI is InChI=1S/C78H152O17P2/c1-6-9-12-15-18-20-22-24-26-28-29-31-35-40-44-49-54-59-64-78(83)95-74(68-89-76(81)62-57-52-47-42-38-36-32-33-37-41-46-50-55-60-71(4)5)70-93-97(86,87)91-66-72(79)65-90-96(84,85)92-69-73(67-88-75(80)61-56-51-45-17-14-11-8-3)94-77(82)63-58-53-48-43-39-34-30-27-25-23-21-19-16-13-10-7-2/h71-74,79H,6-70H2,1-5H3,(H,84,85)(H,86,87)/t72-,73+,74+/m0/s1. The maximum atomic E-state index is 13.1. The summed E-state index contributed by atoms with van der Waals surface area (Å²) >= 11 is 0. The predicted octanol–water partition coefficient (Wildman–Crippen LogP) is 23.3. The molecule has 97 heavy (non-hydrogen) atoms. The quantitative estimate of drug-likeness (QED) is 0.0222. The molecule has 2 unspecified atom stereocenters. The van der Waals surface area contributed by atoms with Crippen molar-refractivity contribution in [1.29, 1.82) is 0 Å². The van der Waals surface area contributed by atoms with Crippen molar-refractivity contribution in [3.8, 4) is 0 Å². The Hall–Kier alpha value is -1.94. The Morgan fingerprint density at radius 3 is 0.701 bits per heavy atom. The smallest absolute Gasteiger partial charge is 0.462 e. The van der Waals surface area contributed by atoms with E-state index in [2.05, 4.69) is 34.6 Å². The molecule has 0 saturated carbocycles. The van der Waals surface area contributed by atoms with Crippen molar-refractivity contribution in [2.45, 2.75) is 432 Å². The van der Waals surface area contributed by atoms with Crippen molar-refractivity contribution in [2.24, 2.45) is 5.92 Å². The van der Waals surface area contributed by atoms with Gasteiger partial charge in [-0.1, -0.05) is 362 Å². The van der Waals surface area contributed by atoms with Crippen molar-refractivity contribution in [1.82, 2.24) is 0 Å². The topological polar surface area (TPSA) is 237 Å². The summed E-state index contributed by atoms with van der Waals surface area (Å²) in [6.07, 6.45) is 61.1. The van der Waals surface area contributed by atoms with Crippen LogP contribution in [0.3, 0.4) is 0 Å². The minimum atomic E-state index is -4.96.